The van der Waals surface area contributed by atoms with Gasteiger partial charge in [0.2, 0.25) is 0 Å². The van der Waals surface area contributed by atoms with Crippen LogP contribution < -0.4 is 14.4 Å². The second-order valence-corrected chi connectivity index (χ2v) is 6.86. The van der Waals surface area contributed by atoms with Crippen LogP contribution in [0.1, 0.15) is 10.4 Å². The smallest absolute Gasteiger partial charge is 0.335 e. The lowest BCUT2D eigenvalue weighted by molar-refractivity contribution is 0.0697. The van der Waals surface area contributed by atoms with Crippen LogP contribution in [0.5, 0.6) is 11.5 Å². The van der Waals surface area contributed by atoms with E-state index < -0.39 is 5.97 Å². The first kappa shape index (κ1) is 22.4. The molecule has 0 saturated heterocycles. The van der Waals surface area contributed by atoms with E-state index in [1.165, 1.54) is 26.4 Å². The molecule has 0 aromatic heterocycles. The number of benzene rings is 3. The van der Waals surface area contributed by atoms with Crippen molar-refractivity contribution in [1.82, 2.24) is 0 Å². The van der Waals surface area contributed by atoms with E-state index in [1.807, 2.05) is 43.3 Å². The third kappa shape index (κ3) is 5.45. The summed E-state index contributed by atoms with van der Waals surface area (Å²) in [5.41, 5.74) is 3.35. The van der Waals surface area contributed by atoms with Crippen molar-refractivity contribution in [2.75, 3.05) is 33.2 Å². The van der Waals surface area contributed by atoms with E-state index in [0.717, 1.165) is 5.69 Å². The monoisotopic (exact) mass is 433 g/mol. The molecule has 1 N–H and O–H groups in total. The Morgan fingerprint density at radius 2 is 1.19 bits per heavy atom. The van der Waals surface area contributed by atoms with Gasteiger partial charge in [0.15, 0.2) is 0 Å². The Balaban J connectivity index is 1.86. The summed E-state index contributed by atoms with van der Waals surface area (Å²) in [7, 11) is 6.98. The van der Waals surface area contributed by atoms with Crippen LogP contribution in [0, 0.1) is 0 Å². The lowest BCUT2D eigenvalue weighted by Gasteiger charge is -2.11. The average molecular weight is 433 g/mol. The summed E-state index contributed by atoms with van der Waals surface area (Å²) < 4.78 is 10.9. The molecule has 9 heteroatoms. The highest BCUT2D eigenvalue weighted by molar-refractivity contribution is 5.87. The third-order valence-corrected chi connectivity index (χ3v) is 4.51. The quantitative estimate of drug-likeness (QED) is 0.419. The molecule has 3 aromatic rings. The van der Waals surface area contributed by atoms with Crippen molar-refractivity contribution >= 4 is 34.4 Å². The lowest BCUT2D eigenvalue weighted by atomic mass is 10.2. The number of carboxylic acids is 1. The van der Waals surface area contributed by atoms with Crippen LogP contribution in [0.3, 0.4) is 0 Å². The van der Waals surface area contributed by atoms with Gasteiger partial charge in [-0.05, 0) is 48.5 Å². The number of methoxy groups -OCH3 is 2. The van der Waals surface area contributed by atoms with E-state index >= 15 is 0 Å². The van der Waals surface area contributed by atoms with Gasteiger partial charge in [0.25, 0.3) is 0 Å². The topological polar surface area (TPSA) is 108 Å². The summed E-state index contributed by atoms with van der Waals surface area (Å²) in [6.07, 6.45) is 0. The van der Waals surface area contributed by atoms with E-state index in [9.17, 15) is 4.79 Å². The molecule has 0 atom stereocenters. The molecular weight excluding hydrogens is 410 g/mol. The van der Waals surface area contributed by atoms with Gasteiger partial charge < -0.3 is 19.5 Å². The molecule has 0 bridgehead atoms. The molecule has 9 nitrogen and oxygen atoms in total. The Kier molecular flexibility index (Phi) is 7.12. The summed E-state index contributed by atoms with van der Waals surface area (Å²) in [6, 6.07) is 17.0. The normalized spacial score (nSPS) is 11.1. The first-order valence-corrected chi connectivity index (χ1v) is 9.61. The van der Waals surface area contributed by atoms with E-state index in [4.69, 9.17) is 14.6 Å². The van der Waals surface area contributed by atoms with Gasteiger partial charge in [-0.3, -0.25) is 0 Å². The number of hydrogen-bond acceptors (Lipinski definition) is 8. The maximum absolute atomic E-state index is 11.0. The summed E-state index contributed by atoms with van der Waals surface area (Å²) in [6.45, 7) is 0. The summed E-state index contributed by atoms with van der Waals surface area (Å²) in [5.74, 6) is -0.110. The fourth-order valence-corrected chi connectivity index (χ4v) is 2.73. The van der Waals surface area contributed by atoms with Crippen LogP contribution in [-0.2, 0) is 0 Å². The molecule has 0 heterocycles. The molecule has 0 unspecified atom stereocenters. The zero-order valence-electron chi connectivity index (χ0n) is 18.2. The van der Waals surface area contributed by atoms with E-state index in [-0.39, 0.29) is 5.56 Å². The van der Waals surface area contributed by atoms with Gasteiger partial charge in [-0.25, -0.2) is 4.79 Å². The Morgan fingerprint density at radius 1 is 0.750 bits per heavy atom. The van der Waals surface area contributed by atoms with Crippen LogP contribution in [0.15, 0.2) is 81.1 Å². The van der Waals surface area contributed by atoms with Crippen molar-refractivity contribution in [1.29, 1.82) is 0 Å². The highest BCUT2D eigenvalue weighted by Gasteiger charge is 2.11. The number of ether oxygens (including phenoxy) is 2. The van der Waals surface area contributed by atoms with Crippen LogP contribution >= 0.6 is 0 Å². The Labute approximate surface area is 185 Å². The SMILES string of the molecule is COc1cc(/N=N/c2ccc(N(C)C)cc2)c(OC)cc1N=Nc1ccc(C(=O)O)cc1. The van der Waals surface area contributed by atoms with Crippen LogP contribution in [0.25, 0.3) is 0 Å². The maximum Gasteiger partial charge on any atom is 0.335 e. The Morgan fingerprint density at radius 3 is 1.56 bits per heavy atom. The first-order chi connectivity index (χ1) is 15.4. The zero-order valence-corrected chi connectivity index (χ0v) is 18.2. The molecule has 0 radical (unpaired) electrons. The fourth-order valence-electron chi connectivity index (χ4n) is 2.73. The Bertz CT molecular complexity index is 1140. The van der Waals surface area contributed by atoms with Crippen molar-refractivity contribution in [2.45, 2.75) is 0 Å². The predicted molar refractivity (Wildman–Crippen MR) is 122 cm³/mol. The molecule has 164 valence electrons. The average Bonchev–Trinajstić information content (AvgIpc) is 2.81. The van der Waals surface area contributed by atoms with Crippen molar-refractivity contribution in [3.63, 3.8) is 0 Å². The van der Waals surface area contributed by atoms with Crippen molar-refractivity contribution in [2.24, 2.45) is 20.5 Å². The van der Waals surface area contributed by atoms with E-state index in [2.05, 4.69) is 20.5 Å². The standard InChI is InChI=1S/C23H23N5O4/c1-28(2)18-11-9-17(10-12-18)25-27-20-14-21(31-3)19(13-22(20)32-4)26-24-16-7-5-15(6-8-16)23(29)30/h5-14H,1-4H3,(H,29,30)/b26-24?,27-25+. The zero-order chi connectivity index (χ0) is 23.1. The third-order valence-electron chi connectivity index (χ3n) is 4.51. The van der Waals surface area contributed by atoms with Crippen molar-refractivity contribution < 1.29 is 19.4 Å². The lowest BCUT2D eigenvalue weighted by Crippen LogP contribution is -2.07. The molecule has 0 saturated carbocycles. The molecule has 0 fully saturated rings. The number of carbonyl (C=O) groups is 1. The predicted octanol–water partition coefficient (Wildman–Crippen LogP) is 6.30. The number of nitrogens with zero attached hydrogens (tertiary/aromatic N) is 5. The number of azo groups is 2. The minimum atomic E-state index is -1.00. The minimum absolute atomic E-state index is 0.175. The van der Waals surface area contributed by atoms with Gasteiger partial charge >= 0.3 is 5.97 Å². The minimum Gasteiger partial charge on any atom is -0.494 e. The van der Waals surface area contributed by atoms with Gasteiger partial charge in [0.05, 0.1) is 31.2 Å². The van der Waals surface area contributed by atoms with Gasteiger partial charge in [0.1, 0.15) is 22.9 Å². The summed E-state index contributed by atoms with van der Waals surface area (Å²) in [4.78, 5) is 13.0. The molecule has 3 aromatic carbocycles. The first-order valence-electron chi connectivity index (χ1n) is 9.61. The number of aromatic carboxylic acids is 1. The number of rotatable bonds is 8. The summed E-state index contributed by atoms with van der Waals surface area (Å²) in [5, 5.41) is 25.9. The molecule has 0 spiro atoms. The van der Waals surface area contributed by atoms with E-state index in [1.54, 1.807) is 24.3 Å². The van der Waals surface area contributed by atoms with Gasteiger partial charge in [-0.2, -0.15) is 10.2 Å². The second kappa shape index (κ2) is 10.2. The highest BCUT2D eigenvalue weighted by atomic mass is 16.5. The number of hydrogen-bond donors (Lipinski definition) is 1. The maximum atomic E-state index is 11.0. The largest absolute Gasteiger partial charge is 0.494 e. The molecule has 0 aliphatic heterocycles. The molecule has 3 rings (SSSR count). The van der Waals surface area contributed by atoms with Crippen LogP contribution in [0.4, 0.5) is 28.4 Å². The molecular formula is C23H23N5O4. The van der Waals surface area contributed by atoms with Crippen molar-refractivity contribution in [3.8, 4) is 11.5 Å². The fraction of sp³-hybridized carbons (Fsp3) is 0.174. The number of carboxylic acid groups (broad SMARTS) is 1. The number of anilines is 1. The van der Waals surface area contributed by atoms with Gasteiger partial charge in [-0.15, -0.1) is 10.2 Å². The molecule has 0 aliphatic carbocycles. The summed E-state index contributed by atoms with van der Waals surface area (Å²) >= 11 is 0. The van der Waals surface area contributed by atoms with Gasteiger partial charge in [0, 0.05) is 31.9 Å². The van der Waals surface area contributed by atoms with E-state index in [0.29, 0.717) is 34.2 Å². The van der Waals surface area contributed by atoms with Crippen LogP contribution in [0.2, 0.25) is 0 Å². The second-order valence-electron chi connectivity index (χ2n) is 6.86. The van der Waals surface area contributed by atoms with Gasteiger partial charge in [-0.1, -0.05) is 0 Å². The molecule has 0 aliphatic rings. The molecule has 0 amide bonds. The van der Waals surface area contributed by atoms with Crippen molar-refractivity contribution in [3.05, 3.63) is 66.2 Å². The van der Waals surface area contributed by atoms with Crippen LogP contribution in [-0.4, -0.2) is 39.4 Å². The Hall–Kier alpha value is -4.27. The highest BCUT2D eigenvalue weighted by Crippen LogP contribution is 2.41. The molecule has 32 heavy (non-hydrogen) atoms.